The van der Waals surface area contributed by atoms with Crippen LogP contribution in [0.25, 0.3) is 61.0 Å². The van der Waals surface area contributed by atoms with Gasteiger partial charge in [0.05, 0.1) is 28.2 Å². The molecule has 1 aliphatic carbocycles. The van der Waals surface area contributed by atoms with Crippen LogP contribution in [-0.4, -0.2) is 15.6 Å². The number of nitrogens with zero attached hydrogens (tertiary/aromatic N) is 4. The van der Waals surface area contributed by atoms with Crippen LogP contribution < -0.4 is 13.9 Å². The van der Waals surface area contributed by atoms with Crippen molar-refractivity contribution in [2.45, 2.75) is 144 Å². The van der Waals surface area contributed by atoms with Gasteiger partial charge < -0.3 is 4.74 Å². The molecule has 8 aromatic carbocycles. The van der Waals surface area contributed by atoms with E-state index in [-0.39, 0.29) is 38.2 Å². The fraction of sp³-hybridized carbons (Fsp3) is 0.289. The summed E-state index contributed by atoms with van der Waals surface area (Å²) in [4.78, 5) is 5.06. The Bertz CT molecular complexity index is 4460. The lowest BCUT2D eigenvalue weighted by molar-refractivity contribution is 0.332. The summed E-state index contributed by atoms with van der Waals surface area (Å²) in [6.07, 6.45) is 3.75. The molecule has 1 aliphatic heterocycles. The van der Waals surface area contributed by atoms with Crippen molar-refractivity contribution in [1.29, 1.82) is 0 Å². The Hall–Kier alpha value is -8.11. The number of para-hydroxylation sites is 2. The molecule has 0 bridgehead atoms. The number of ether oxygens (including phenoxy) is 1. The summed E-state index contributed by atoms with van der Waals surface area (Å²) >= 11 is 0. The maximum Gasteiger partial charge on any atom is 0.503 e. The van der Waals surface area contributed by atoms with Gasteiger partial charge in [-0.25, -0.2) is 4.98 Å². The molecule has 0 saturated heterocycles. The lowest BCUT2D eigenvalue weighted by Gasteiger charge is -2.42. The van der Waals surface area contributed by atoms with Crippen LogP contribution in [0.3, 0.4) is 0 Å². The van der Waals surface area contributed by atoms with Gasteiger partial charge in [-0.05, 0) is 161 Å². The number of pyridine rings is 1. The molecule has 406 valence electrons. The molecule has 0 spiro atoms. The van der Waals surface area contributed by atoms with Gasteiger partial charge >= 0.3 is 6.01 Å². The third kappa shape index (κ3) is 9.64. The van der Waals surface area contributed by atoms with Gasteiger partial charge in [0.1, 0.15) is 17.3 Å². The zero-order valence-electron chi connectivity index (χ0n) is 55.4. The molecule has 0 N–H and O–H groups in total. The number of hydrogen-bond donors (Lipinski definition) is 0. The van der Waals surface area contributed by atoms with Crippen molar-refractivity contribution in [2.75, 3.05) is 0 Å². The van der Waals surface area contributed by atoms with Gasteiger partial charge in [0, 0.05) is 55.0 Å². The average Bonchev–Trinajstić information content (AvgIpc) is 1.72. The second-order valence-corrected chi connectivity index (χ2v) is 27.0. The van der Waals surface area contributed by atoms with Gasteiger partial charge in [-0.15, -0.1) is 0 Å². The van der Waals surface area contributed by atoms with E-state index in [2.05, 4.69) is 208 Å². The van der Waals surface area contributed by atoms with E-state index in [1.807, 2.05) is 53.1 Å². The predicted molar refractivity (Wildman–Crippen MR) is 343 cm³/mol. The Kier molecular flexibility index (Phi) is 11.1. The van der Waals surface area contributed by atoms with Gasteiger partial charge in [0.15, 0.2) is 0 Å². The van der Waals surface area contributed by atoms with Crippen LogP contribution in [0, 0.1) is 13.7 Å². The van der Waals surface area contributed by atoms with E-state index in [1.54, 1.807) is 24.4 Å². The minimum absolute atomic E-state index is 0.0107. The van der Waals surface area contributed by atoms with Crippen molar-refractivity contribution in [3.05, 3.63) is 215 Å². The summed E-state index contributed by atoms with van der Waals surface area (Å²) in [7, 11) is 0. The summed E-state index contributed by atoms with van der Waals surface area (Å²) in [5.74, 6) is 1.40. The van der Waals surface area contributed by atoms with Crippen molar-refractivity contribution in [1.82, 2.24) is 18.7 Å². The SMILES string of the molecule is [2H]C([2H])([2H])c1cc(-n2c3cc(Oc4cccc([N+]5=C=[N+](c6c(-c7ccccc7)cc(C(C)(C)C)cc6-c6cc(C(C)(C)C)cc(C(C)(C)C)c6)c6ccccc65)c4)ccc3c3c(C([2H])([2H])[2H])cccc32)ncc1-c1ccc2c(c1)C(C)(C)CCC2(C)C. The van der Waals surface area contributed by atoms with Crippen LogP contribution in [0.15, 0.2) is 176 Å². The lowest BCUT2D eigenvalue weighted by Crippen LogP contribution is -2.33. The number of aromatic nitrogens is 2. The first-order valence-corrected chi connectivity index (χ1v) is 28.6. The van der Waals surface area contributed by atoms with Crippen molar-refractivity contribution >= 4 is 50.6 Å². The molecule has 81 heavy (non-hydrogen) atoms. The van der Waals surface area contributed by atoms with Gasteiger partial charge in [0.2, 0.25) is 11.4 Å². The summed E-state index contributed by atoms with van der Waals surface area (Å²) in [6, 6.07) is 61.8. The van der Waals surface area contributed by atoms with Crippen molar-refractivity contribution in [3.63, 3.8) is 0 Å². The highest BCUT2D eigenvalue weighted by molar-refractivity contribution is 6.11. The molecule has 0 saturated carbocycles. The van der Waals surface area contributed by atoms with Gasteiger partial charge in [-0.2, -0.15) is 0 Å². The van der Waals surface area contributed by atoms with E-state index < -0.39 is 13.7 Å². The van der Waals surface area contributed by atoms with Crippen molar-refractivity contribution in [2.24, 2.45) is 0 Å². The standard InChI is InChI=1S/C76H78N4O/c1-48-23-21-30-67-70(48)59-33-32-58(45-68(59)80(67)69-37-49(2)62(46-77-69)51-31-34-63-64(40-51)76(14,15)36-35-75(63,12)13)81-57-27-22-26-56(44-57)78-47-79(66-29-20-19-28-65(66)78)71-60(50-24-17-16-18-25-50)42-55(74(9,10)11)43-61(71)52-38-53(72(3,4)5)41-54(39-52)73(6,7)8/h16-34,37-46H,35-36H2,1-15H3/q+2/i1D3,2D3. The first-order valence-electron chi connectivity index (χ1n) is 31.6. The van der Waals surface area contributed by atoms with E-state index in [1.165, 1.54) is 27.8 Å². The maximum atomic E-state index is 8.95. The smallest absolute Gasteiger partial charge is 0.457 e. The fourth-order valence-corrected chi connectivity index (χ4v) is 12.2. The van der Waals surface area contributed by atoms with Crippen LogP contribution in [0.2, 0.25) is 0 Å². The zero-order chi connectivity index (χ0) is 62.1. The van der Waals surface area contributed by atoms with Crippen LogP contribution in [0.4, 0.5) is 22.7 Å². The predicted octanol–water partition coefficient (Wildman–Crippen LogP) is 20.7. The molecule has 0 amide bonds. The first-order chi connectivity index (χ1) is 40.8. The molecule has 12 rings (SSSR count). The zero-order valence-corrected chi connectivity index (χ0v) is 49.4. The van der Waals surface area contributed by atoms with Crippen LogP contribution >= 0.6 is 0 Å². The van der Waals surface area contributed by atoms with Crippen LogP contribution in [0.1, 0.15) is 150 Å². The molecule has 10 aromatic rings. The van der Waals surface area contributed by atoms with Gasteiger partial charge in [0.25, 0.3) is 11.4 Å². The molecule has 3 heterocycles. The monoisotopic (exact) mass is 1070 g/mol. The first kappa shape index (κ1) is 46.6. The lowest BCUT2D eigenvalue weighted by atomic mass is 9.63. The molecule has 0 radical (unpaired) electrons. The normalized spacial score (nSPS) is 16.3. The Morgan fingerprint density at radius 3 is 1.80 bits per heavy atom. The van der Waals surface area contributed by atoms with E-state index >= 15 is 0 Å². The van der Waals surface area contributed by atoms with E-state index in [9.17, 15) is 0 Å². The van der Waals surface area contributed by atoms with Gasteiger partial charge in [-0.1, -0.05) is 187 Å². The largest absolute Gasteiger partial charge is 0.503 e. The number of aryl methyl sites for hydroxylation is 2. The Labute approximate surface area is 489 Å². The quantitative estimate of drug-likeness (QED) is 0.142. The van der Waals surface area contributed by atoms with Crippen molar-refractivity contribution in [3.8, 4) is 50.7 Å². The topological polar surface area (TPSA) is 33.1 Å². The average molecular weight is 1070 g/mol. The summed E-state index contributed by atoms with van der Waals surface area (Å²) in [5, 5.41) is 1.20. The molecule has 5 nitrogen and oxygen atoms in total. The maximum absolute atomic E-state index is 8.95. The second-order valence-electron chi connectivity index (χ2n) is 27.0. The number of hydrogen-bond acceptors (Lipinski definition) is 2. The Morgan fingerprint density at radius 2 is 1.12 bits per heavy atom. The molecule has 2 aromatic heterocycles. The minimum atomic E-state index is -2.51. The Morgan fingerprint density at radius 1 is 0.506 bits per heavy atom. The highest BCUT2D eigenvalue weighted by Gasteiger charge is 2.41. The highest BCUT2D eigenvalue weighted by Crippen LogP contribution is 2.50. The Balaban J connectivity index is 1.01. The molecular weight excluding hydrogens is 985 g/mol. The third-order valence-corrected chi connectivity index (χ3v) is 17.2. The number of fused-ring (bicyclic) bond motifs is 5. The molecule has 5 heteroatoms. The van der Waals surface area contributed by atoms with E-state index in [4.69, 9.17) is 17.9 Å². The molecule has 0 atom stereocenters. The van der Waals surface area contributed by atoms with Crippen LogP contribution in [-0.2, 0) is 27.1 Å². The number of rotatable bonds is 8. The molecule has 2 aliphatic rings. The molecular formula is C76H78N4O+2. The van der Waals surface area contributed by atoms with E-state index in [0.717, 1.165) is 63.4 Å². The van der Waals surface area contributed by atoms with Crippen LogP contribution in [0.5, 0.6) is 11.5 Å². The fourth-order valence-electron chi connectivity index (χ4n) is 12.2. The summed E-state index contributed by atoms with van der Waals surface area (Å²) in [5.41, 5.74) is 16.9. The van der Waals surface area contributed by atoms with E-state index in [0.29, 0.717) is 44.7 Å². The minimum Gasteiger partial charge on any atom is -0.457 e. The van der Waals surface area contributed by atoms with Gasteiger partial charge in [-0.3, -0.25) is 4.57 Å². The highest BCUT2D eigenvalue weighted by atomic mass is 16.5. The summed E-state index contributed by atoms with van der Waals surface area (Å²) < 4.78 is 66.0. The second kappa shape index (κ2) is 19.3. The molecule has 0 fully saturated rings. The third-order valence-electron chi connectivity index (χ3n) is 17.2. The van der Waals surface area contributed by atoms with Crippen molar-refractivity contribution < 1.29 is 13.0 Å². The summed E-state index contributed by atoms with van der Waals surface area (Å²) in [6.45, 7) is 24.7. The number of benzene rings is 8. The molecule has 0 unspecified atom stereocenters.